The molecule has 1 heterocycles. The SMILES string of the molecule is Cc1ncnc(Oc2ccc(C#N)cc2Cl)c1C. The molecule has 90 valence electrons. The molecule has 0 spiro atoms. The fourth-order valence-electron chi connectivity index (χ4n) is 1.38. The van der Waals surface area contributed by atoms with Gasteiger partial charge in [-0.05, 0) is 32.0 Å². The number of aromatic nitrogens is 2. The van der Waals surface area contributed by atoms with Crippen molar-refractivity contribution in [2.75, 3.05) is 0 Å². The van der Waals surface area contributed by atoms with Crippen LogP contribution in [-0.4, -0.2) is 9.97 Å². The van der Waals surface area contributed by atoms with Gasteiger partial charge in [0.25, 0.3) is 0 Å². The molecule has 1 aromatic heterocycles. The molecule has 5 heteroatoms. The Morgan fingerprint density at radius 3 is 2.72 bits per heavy atom. The molecule has 0 aliphatic heterocycles. The lowest BCUT2D eigenvalue weighted by Gasteiger charge is -2.09. The molecule has 0 saturated heterocycles. The Bertz CT molecular complexity index is 635. The van der Waals surface area contributed by atoms with Crippen LogP contribution in [0.5, 0.6) is 11.6 Å². The third-order valence-corrected chi connectivity index (χ3v) is 2.85. The summed E-state index contributed by atoms with van der Waals surface area (Å²) in [5, 5.41) is 9.13. The normalized spacial score (nSPS) is 9.89. The van der Waals surface area contributed by atoms with Gasteiger partial charge in [0.1, 0.15) is 12.1 Å². The van der Waals surface area contributed by atoms with Gasteiger partial charge in [0.2, 0.25) is 5.88 Å². The topological polar surface area (TPSA) is 58.8 Å². The van der Waals surface area contributed by atoms with Crippen molar-refractivity contribution < 1.29 is 4.74 Å². The van der Waals surface area contributed by atoms with Gasteiger partial charge >= 0.3 is 0 Å². The predicted molar refractivity (Wildman–Crippen MR) is 67.7 cm³/mol. The lowest BCUT2D eigenvalue weighted by molar-refractivity contribution is 0.456. The molecule has 0 atom stereocenters. The highest BCUT2D eigenvalue weighted by molar-refractivity contribution is 6.32. The van der Waals surface area contributed by atoms with E-state index in [9.17, 15) is 0 Å². The third-order valence-electron chi connectivity index (χ3n) is 2.56. The van der Waals surface area contributed by atoms with Gasteiger partial charge in [-0.1, -0.05) is 11.6 Å². The number of benzene rings is 1. The highest BCUT2D eigenvalue weighted by Crippen LogP contribution is 2.30. The molecule has 0 bridgehead atoms. The first-order valence-electron chi connectivity index (χ1n) is 5.27. The van der Waals surface area contributed by atoms with E-state index in [4.69, 9.17) is 21.6 Å². The third kappa shape index (κ3) is 2.41. The molecule has 0 saturated carbocycles. The van der Waals surface area contributed by atoms with Gasteiger partial charge in [0.15, 0.2) is 0 Å². The van der Waals surface area contributed by atoms with Crippen molar-refractivity contribution in [1.82, 2.24) is 9.97 Å². The second-order valence-corrected chi connectivity index (χ2v) is 4.16. The van der Waals surface area contributed by atoms with E-state index in [-0.39, 0.29) is 0 Å². The van der Waals surface area contributed by atoms with E-state index in [1.807, 2.05) is 19.9 Å². The van der Waals surface area contributed by atoms with Gasteiger partial charge in [-0.2, -0.15) is 5.26 Å². The van der Waals surface area contributed by atoms with Gasteiger partial charge in [-0.15, -0.1) is 0 Å². The second kappa shape index (κ2) is 5.03. The van der Waals surface area contributed by atoms with Crippen LogP contribution < -0.4 is 4.74 Å². The summed E-state index contributed by atoms with van der Waals surface area (Å²) in [7, 11) is 0. The average molecular weight is 260 g/mol. The molecular weight excluding hydrogens is 250 g/mol. The van der Waals surface area contributed by atoms with Crippen molar-refractivity contribution >= 4 is 11.6 Å². The van der Waals surface area contributed by atoms with Crippen molar-refractivity contribution in [2.24, 2.45) is 0 Å². The van der Waals surface area contributed by atoms with E-state index in [2.05, 4.69) is 9.97 Å². The number of hydrogen-bond acceptors (Lipinski definition) is 4. The molecule has 0 amide bonds. The zero-order valence-corrected chi connectivity index (χ0v) is 10.7. The van der Waals surface area contributed by atoms with Crippen LogP contribution in [0.3, 0.4) is 0 Å². The molecule has 0 unspecified atom stereocenters. The molecule has 0 fully saturated rings. The standard InChI is InChI=1S/C13H10ClN3O/c1-8-9(2)16-7-17-13(8)18-12-4-3-10(6-15)5-11(12)14/h3-5,7H,1-2H3. The first kappa shape index (κ1) is 12.3. The number of aryl methyl sites for hydroxylation is 1. The Labute approximate surface area is 110 Å². The molecule has 0 aliphatic rings. The van der Waals surface area contributed by atoms with E-state index in [0.717, 1.165) is 11.3 Å². The van der Waals surface area contributed by atoms with E-state index >= 15 is 0 Å². The molecule has 0 aliphatic carbocycles. The Morgan fingerprint density at radius 1 is 1.28 bits per heavy atom. The zero-order valence-electron chi connectivity index (χ0n) is 9.94. The molecule has 1 aromatic carbocycles. The Balaban J connectivity index is 2.35. The highest BCUT2D eigenvalue weighted by Gasteiger charge is 2.09. The van der Waals surface area contributed by atoms with Crippen LogP contribution in [0.2, 0.25) is 5.02 Å². The minimum Gasteiger partial charge on any atom is -0.437 e. The lowest BCUT2D eigenvalue weighted by atomic mass is 10.2. The van der Waals surface area contributed by atoms with Crippen molar-refractivity contribution in [2.45, 2.75) is 13.8 Å². The number of nitriles is 1. The Morgan fingerprint density at radius 2 is 2.06 bits per heavy atom. The van der Waals surface area contributed by atoms with Crippen molar-refractivity contribution in [3.05, 3.63) is 46.4 Å². The molecule has 2 rings (SSSR count). The molecule has 2 aromatic rings. The van der Waals surface area contributed by atoms with E-state index in [1.165, 1.54) is 6.33 Å². The van der Waals surface area contributed by atoms with Gasteiger partial charge in [-0.3, -0.25) is 0 Å². The average Bonchev–Trinajstić information content (AvgIpc) is 2.37. The maximum absolute atomic E-state index is 8.75. The summed E-state index contributed by atoms with van der Waals surface area (Å²) in [6, 6.07) is 6.86. The summed E-state index contributed by atoms with van der Waals surface area (Å²) in [4.78, 5) is 8.12. The van der Waals surface area contributed by atoms with Crippen LogP contribution in [0.1, 0.15) is 16.8 Å². The number of ether oxygens (including phenoxy) is 1. The molecule has 0 radical (unpaired) electrons. The van der Waals surface area contributed by atoms with Crippen LogP contribution in [-0.2, 0) is 0 Å². The van der Waals surface area contributed by atoms with Gasteiger partial charge < -0.3 is 4.74 Å². The first-order valence-corrected chi connectivity index (χ1v) is 5.65. The zero-order chi connectivity index (χ0) is 13.1. The molecule has 4 nitrogen and oxygen atoms in total. The number of halogens is 1. The van der Waals surface area contributed by atoms with Crippen molar-refractivity contribution in [1.29, 1.82) is 5.26 Å². The molecular formula is C13H10ClN3O. The summed E-state index contributed by atoms with van der Waals surface area (Å²) < 4.78 is 5.63. The summed E-state index contributed by atoms with van der Waals surface area (Å²) in [5.74, 6) is 0.936. The number of hydrogen-bond donors (Lipinski definition) is 0. The summed E-state index contributed by atoms with van der Waals surface area (Å²) in [5.41, 5.74) is 2.20. The quantitative estimate of drug-likeness (QED) is 0.829. The van der Waals surface area contributed by atoms with E-state index < -0.39 is 0 Å². The van der Waals surface area contributed by atoms with E-state index in [1.54, 1.807) is 18.2 Å². The summed E-state index contributed by atoms with van der Waals surface area (Å²) >= 11 is 6.03. The van der Waals surface area contributed by atoms with Crippen LogP contribution >= 0.6 is 11.6 Å². The lowest BCUT2D eigenvalue weighted by Crippen LogP contribution is -1.96. The number of nitrogens with zero attached hydrogens (tertiary/aromatic N) is 3. The highest BCUT2D eigenvalue weighted by atomic mass is 35.5. The Kier molecular flexibility index (Phi) is 3.45. The predicted octanol–water partition coefficient (Wildman–Crippen LogP) is 3.41. The van der Waals surface area contributed by atoms with Gasteiger partial charge in [-0.25, -0.2) is 9.97 Å². The smallest absolute Gasteiger partial charge is 0.225 e. The van der Waals surface area contributed by atoms with Gasteiger partial charge in [0.05, 0.1) is 16.7 Å². The van der Waals surface area contributed by atoms with Gasteiger partial charge in [0, 0.05) is 11.3 Å². The Hall–Kier alpha value is -2.12. The fraction of sp³-hybridized carbons (Fsp3) is 0.154. The maximum atomic E-state index is 8.75. The minimum absolute atomic E-state index is 0.379. The van der Waals surface area contributed by atoms with E-state index in [0.29, 0.717) is 22.2 Å². The number of rotatable bonds is 2. The molecule has 18 heavy (non-hydrogen) atoms. The van der Waals surface area contributed by atoms with Crippen molar-refractivity contribution in [3.63, 3.8) is 0 Å². The van der Waals surface area contributed by atoms with Crippen LogP contribution in [0.25, 0.3) is 0 Å². The van der Waals surface area contributed by atoms with Crippen LogP contribution in [0, 0.1) is 25.2 Å². The second-order valence-electron chi connectivity index (χ2n) is 3.75. The summed E-state index contributed by atoms with van der Waals surface area (Å²) in [6.45, 7) is 3.76. The maximum Gasteiger partial charge on any atom is 0.225 e. The largest absolute Gasteiger partial charge is 0.437 e. The monoisotopic (exact) mass is 259 g/mol. The summed E-state index contributed by atoms with van der Waals surface area (Å²) in [6.07, 6.45) is 1.44. The van der Waals surface area contributed by atoms with Crippen molar-refractivity contribution in [3.8, 4) is 17.7 Å². The molecule has 0 N–H and O–H groups in total. The minimum atomic E-state index is 0.379. The van der Waals surface area contributed by atoms with Crippen LogP contribution in [0.4, 0.5) is 0 Å². The first-order chi connectivity index (χ1) is 8.61. The van der Waals surface area contributed by atoms with Crippen LogP contribution in [0.15, 0.2) is 24.5 Å². The fourth-order valence-corrected chi connectivity index (χ4v) is 1.60.